The highest BCUT2D eigenvalue weighted by Crippen LogP contribution is 2.31. The monoisotopic (exact) mass is 342 g/mol. The van der Waals surface area contributed by atoms with Gasteiger partial charge in [0.1, 0.15) is 16.7 Å². The first-order valence-corrected chi connectivity index (χ1v) is 8.31. The third-order valence-electron chi connectivity index (χ3n) is 3.59. The lowest BCUT2D eigenvalue weighted by Crippen LogP contribution is -2.64. The van der Waals surface area contributed by atoms with E-state index in [1.54, 1.807) is 48.5 Å². The Labute approximate surface area is 144 Å². The molecule has 1 atom stereocenters. The molecule has 0 aliphatic heterocycles. The molecule has 138 valence electrons. The van der Waals surface area contributed by atoms with E-state index in [0.717, 1.165) is 17.9 Å². The zero-order valence-electron chi connectivity index (χ0n) is 15.8. The molecule has 1 aliphatic rings. The summed E-state index contributed by atoms with van der Waals surface area (Å²) in [4.78, 5) is 37.2. The van der Waals surface area contributed by atoms with Crippen LogP contribution in [0.4, 0.5) is 9.59 Å². The number of carbonyl (C=O) groups is 3. The van der Waals surface area contributed by atoms with Crippen LogP contribution < -0.4 is 5.43 Å². The maximum atomic E-state index is 12.6. The molecule has 1 aliphatic carbocycles. The Bertz CT molecular complexity index is 504. The Kier molecular flexibility index (Phi) is 5.90. The zero-order chi connectivity index (χ0) is 18.8. The molecule has 1 fully saturated rings. The lowest BCUT2D eigenvalue weighted by atomic mass is 9.81. The highest BCUT2D eigenvalue weighted by molar-refractivity contribution is 5.92. The molecule has 24 heavy (non-hydrogen) atoms. The van der Waals surface area contributed by atoms with Gasteiger partial charge in [0.25, 0.3) is 0 Å². The molecular weight excluding hydrogens is 312 g/mol. The van der Waals surface area contributed by atoms with Crippen LogP contribution >= 0.6 is 0 Å². The fourth-order valence-electron chi connectivity index (χ4n) is 2.47. The lowest BCUT2D eigenvalue weighted by Gasteiger charge is -2.42. The lowest BCUT2D eigenvalue weighted by molar-refractivity contribution is -0.135. The first kappa shape index (κ1) is 20.3. The first-order chi connectivity index (χ1) is 10.7. The van der Waals surface area contributed by atoms with E-state index in [9.17, 15) is 14.4 Å². The van der Waals surface area contributed by atoms with Crippen LogP contribution in [0.5, 0.6) is 0 Å². The first-order valence-electron chi connectivity index (χ1n) is 8.31. The molecule has 0 saturated heterocycles. The van der Waals surface area contributed by atoms with E-state index in [-0.39, 0.29) is 5.78 Å². The number of nitrogens with zero attached hydrogens (tertiary/aromatic N) is 1. The molecule has 0 bridgehead atoms. The Hall–Kier alpha value is -1.79. The van der Waals surface area contributed by atoms with Crippen LogP contribution in [-0.4, -0.2) is 39.7 Å². The molecule has 2 amide bonds. The largest absolute Gasteiger partial charge is 0.443 e. The van der Waals surface area contributed by atoms with Crippen molar-refractivity contribution >= 4 is 18.0 Å². The zero-order valence-corrected chi connectivity index (χ0v) is 15.8. The van der Waals surface area contributed by atoms with Gasteiger partial charge in [-0.05, 0) is 61.3 Å². The molecule has 1 N–H and O–H groups in total. The summed E-state index contributed by atoms with van der Waals surface area (Å²) < 4.78 is 10.6. The summed E-state index contributed by atoms with van der Waals surface area (Å²) in [5.41, 5.74) is -0.200. The standard InChI is InChI=1S/C17H30N2O5/c1-15(2,3)23-13(21)18-19(14(22)24-16(4,5)6)17(7)11-9-8-10-12(17)20/h8-11H2,1-7H3,(H,18,21)/t17-/m1/s1. The topological polar surface area (TPSA) is 84.9 Å². The van der Waals surface area contributed by atoms with Gasteiger partial charge in [0.15, 0.2) is 5.78 Å². The van der Waals surface area contributed by atoms with E-state index in [1.165, 1.54) is 0 Å². The van der Waals surface area contributed by atoms with Crippen molar-refractivity contribution in [1.82, 2.24) is 10.4 Å². The van der Waals surface area contributed by atoms with E-state index >= 15 is 0 Å². The second-order valence-corrected chi connectivity index (χ2v) is 8.33. The molecule has 7 heteroatoms. The summed E-state index contributed by atoms with van der Waals surface area (Å²) in [6, 6.07) is 0. The number of Topliss-reactive ketones (excluding diaryl/α,β-unsaturated/α-hetero) is 1. The second kappa shape index (κ2) is 6.99. The molecular formula is C17H30N2O5. The number of hydrogen-bond acceptors (Lipinski definition) is 5. The van der Waals surface area contributed by atoms with E-state index in [4.69, 9.17) is 9.47 Å². The van der Waals surface area contributed by atoms with Crippen molar-refractivity contribution in [3.63, 3.8) is 0 Å². The van der Waals surface area contributed by atoms with Crippen molar-refractivity contribution in [2.45, 2.75) is 90.9 Å². The second-order valence-electron chi connectivity index (χ2n) is 8.33. The van der Waals surface area contributed by atoms with Gasteiger partial charge in [0.05, 0.1) is 0 Å². The van der Waals surface area contributed by atoms with E-state index in [2.05, 4.69) is 5.43 Å². The van der Waals surface area contributed by atoms with Gasteiger partial charge in [0.2, 0.25) is 0 Å². The molecule has 0 aromatic rings. The minimum atomic E-state index is -1.14. The van der Waals surface area contributed by atoms with Crippen LogP contribution in [0, 0.1) is 0 Å². The third-order valence-corrected chi connectivity index (χ3v) is 3.59. The van der Waals surface area contributed by atoms with Crippen LogP contribution in [0.15, 0.2) is 0 Å². The number of nitrogens with one attached hydrogen (secondary N) is 1. The van der Waals surface area contributed by atoms with Gasteiger partial charge in [-0.15, -0.1) is 0 Å². The molecule has 1 saturated carbocycles. The maximum Gasteiger partial charge on any atom is 0.430 e. The quantitative estimate of drug-likeness (QED) is 0.736. The summed E-state index contributed by atoms with van der Waals surface area (Å²) in [6.45, 7) is 12.0. The molecule has 0 radical (unpaired) electrons. The number of hydrogen-bond donors (Lipinski definition) is 1. The minimum Gasteiger partial charge on any atom is -0.443 e. The molecule has 0 aromatic carbocycles. The normalized spacial score (nSPS) is 21.9. The van der Waals surface area contributed by atoms with Gasteiger partial charge >= 0.3 is 12.2 Å². The van der Waals surface area contributed by atoms with Crippen LogP contribution in [0.1, 0.15) is 74.1 Å². The average molecular weight is 342 g/mol. The predicted molar refractivity (Wildman–Crippen MR) is 89.3 cm³/mol. The van der Waals surface area contributed by atoms with Crippen molar-refractivity contribution < 1.29 is 23.9 Å². The van der Waals surface area contributed by atoms with Gasteiger partial charge in [-0.3, -0.25) is 4.79 Å². The summed E-state index contributed by atoms with van der Waals surface area (Å²) in [5.74, 6) is -0.101. The van der Waals surface area contributed by atoms with Gasteiger partial charge < -0.3 is 9.47 Å². The number of ketones is 1. The number of amides is 2. The van der Waals surface area contributed by atoms with Crippen LogP contribution in [0.25, 0.3) is 0 Å². The van der Waals surface area contributed by atoms with Crippen molar-refractivity contribution in [2.75, 3.05) is 0 Å². The van der Waals surface area contributed by atoms with E-state index in [1.807, 2.05) is 0 Å². The molecule has 0 aromatic heterocycles. The Morgan fingerprint density at radius 1 is 1.04 bits per heavy atom. The van der Waals surface area contributed by atoms with Gasteiger partial charge in [-0.2, -0.15) is 0 Å². The van der Waals surface area contributed by atoms with Crippen molar-refractivity contribution in [2.24, 2.45) is 0 Å². The molecule has 0 unspecified atom stereocenters. The molecule has 0 heterocycles. The Morgan fingerprint density at radius 3 is 2.04 bits per heavy atom. The van der Waals surface area contributed by atoms with Crippen molar-refractivity contribution in [3.05, 3.63) is 0 Å². The van der Waals surface area contributed by atoms with Crippen molar-refractivity contribution in [1.29, 1.82) is 0 Å². The smallest absolute Gasteiger partial charge is 0.430 e. The number of hydrazine groups is 1. The van der Waals surface area contributed by atoms with Gasteiger partial charge in [0, 0.05) is 6.42 Å². The fraction of sp³-hybridized carbons (Fsp3) is 0.824. The Morgan fingerprint density at radius 2 is 1.58 bits per heavy atom. The molecule has 1 rings (SSSR count). The number of rotatable bonds is 1. The highest BCUT2D eigenvalue weighted by Gasteiger charge is 2.46. The van der Waals surface area contributed by atoms with Crippen LogP contribution in [0.3, 0.4) is 0 Å². The predicted octanol–water partition coefficient (Wildman–Crippen LogP) is 3.57. The summed E-state index contributed by atoms with van der Waals surface area (Å²) >= 11 is 0. The van der Waals surface area contributed by atoms with Crippen LogP contribution in [-0.2, 0) is 14.3 Å². The van der Waals surface area contributed by atoms with Crippen molar-refractivity contribution in [3.8, 4) is 0 Å². The van der Waals surface area contributed by atoms with Gasteiger partial charge in [-0.1, -0.05) is 6.42 Å². The average Bonchev–Trinajstić information content (AvgIpc) is 2.35. The van der Waals surface area contributed by atoms with Gasteiger partial charge in [-0.25, -0.2) is 20.0 Å². The minimum absolute atomic E-state index is 0.101. The molecule has 7 nitrogen and oxygen atoms in total. The third kappa shape index (κ3) is 5.69. The Balaban J connectivity index is 3.05. The highest BCUT2D eigenvalue weighted by atomic mass is 16.6. The van der Waals surface area contributed by atoms with E-state index in [0.29, 0.717) is 12.8 Å². The van der Waals surface area contributed by atoms with E-state index < -0.39 is 28.9 Å². The summed E-state index contributed by atoms with van der Waals surface area (Å²) in [6.07, 6.45) is 0.826. The van der Waals surface area contributed by atoms with Crippen LogP contribution in [0.2, 0.25) is 0 Å². The maximum absolute atomic E-state index is 12.6. The number of carbonyl (C=O) groups excluding carboxylic acids is 3. The summed E-state index contributed by atoms with van der Waals surface area (Å²) in [5, 5.41) is 0.994. The fourth-order valence-corrected chi connectivity index (χ4v) is 2.47. The number of ether oxygens (including phenoxy) is 2. The SMILES string of the molecule is CC(C)(C)OC(=O)NN(C(=O)OC(C)(C)C)[C@]1(C)CCCCC1=O. The molecule has 0 spiro atoms. The summed E-state index contributed by atoms with van der Waals surface area (Å²) in [7, 11) is 0.